The van der Waals surface area contributed by atoms with Crippen LogP contribution in [-0.4, -0.2) is 30.0 Å². The lowest BCUT2D eigenvalue weighted by Gasteiger charge is -2.12. The number of aromatic nitrogens is 1. The van der Waals surface area contributed by atoms with Gasteiger partial charge in [0, 0.05) is 5.56 Å². The lowest BCUT2D eigenvalue weighted by molar-refractivity contribution is 0.0531. The van der Waals surface area contributed by atoms with Crippen LogP contribution in [-0.2, 0) is 4.74 Å². The van der Waals surface area contributed by atoms with E-state index in [4.69, 9.17) is 9.47 Å². The maximum absolute atomic E-state index is 11.9. The molecular weight excluding hydrogens is 314 g/mol. The van der Waals surface area contributed by atoms with Gasteiger partial charge < -0.3 is 9.47 Å². The third kappa shape index (κ3) is 3.96. The summed E-state index contributed by atoms with van der Waals surface area (Å²) in [7, 11) is 0. The van der Waals surface area contributed by atoms with Gasteiger partial charge in [-0.15, -0.1) is 11.3 Å². The fourth-order valence-electron chi connectivity index (χ4n) is 2.04. The first kappa shape index (κ1) is 17.1. The Morgan fingerprint density at radius 3 is 2.74 bits per heavy atom. The summed E-state index contributed by atoms with van der Waals surface area (Å²) in [6.45, 7) is 7.65. The molecule has 1 heterocycles. The van der Waals surface area contributed by atoms with Gasteiger partial charge in [0.15, 0.2) is 6.29 Å². The minimum absolute atomic E-state index is 0.0166. The van der Waals surface area contributed by atoms with Crippen molar-refractivity contribution in [2.24, 2.45) is 0 Å². The van der Waals surface area contributed by atoms with Crippen LogP contribution in [0.1, 0.15) is 46.5 Å². The number of aryl methyl sites for hydroxylation is 1. The van der Waals surface area contributed by atoms with Crippen LogP contribution in [0.25, 0.3) is 10.6 Å². The van der Waals surface area contributed by atoms with E-state index in [1.807, 2.05) is 19.9 Å². The molecule has 2 aromatic rings. The molecule has 5 nitrogen and oxygen atoms in total. The molecule has 0 saturated heterocycles. The fourth-order valence-corrected chi connectivity index (χ4v) is 3.00. The molecule has 2 rings (SSSR count). The lowest BCUT2D eigenvalue weighted by atomic mass is 10.1. The van der Waals surface area contributed by atoms with E-state index in [1.165, 1.54) is 11.3 Å². The summed E-state index contributed by atoms with van der Waals surface area (Å²) in [4.78, 5) is 28.1. The van der Waals surface area contributed by atoms with Gasteiger partial charge in [0.05, 0.1) is 24.0 Å². The van der Waals surface area contributed by atoms with E-state index in [0.717, 1.165) is 11.8 Å². The van der Waals surface area contributed by atoms with Crippen LogP contribution in [0.15, 0.2) is 18.2 Å². The molecule has 0 fully saturated rings. The van der Waals surface area contributed by atoms with Gasteiger partial charge in [-0.3, -0.25) is 4.79 Å². The number of hydrogen-bond acceptors (Lipinski definition) is 6. The molecule has 0 N–H and O–H groups in total. The maximum atomic E-state index is 11.9. The molecule has 1 aromatic carbocycles. The number of benzene rings is 1. The number of carbonyl (C=O) groups is 2. The molecule has 0 aliphatic heterocycles. The number of esters is 1. The molecule has 0 amide bonds. The maximum Gasteiger partial charge on any atom is 0.350 e. The molecule has 0 bridgehead atoms. The Balaban J connectivity index is 2.37. The molecule has 0 aliphatic carbocycles. The first-order valence-corrected chi connectivity index (χ1v) is 8.18. The quantitative estimate of drug-likeness (QED) is 0.592. The summed E-state index contributed by atoms with van der Waals surface area (Å²) in [5, 5.41) is 0.671. The average molecular weight is 333 g/mol. The van der Waals surface area contributed by atoms with Crippen LogP contribution in [0.5, 0.6) is 5.75 Å². The topological polar surface area (TPSA) is 65.5 Å². The normalized spacial score (nSPS) is 10.7. The van der Waals surface area contributed by atoms with Crippen molar-refractivity contribution in [2.75, 3.05) is 6.61 Å². The van der Waals surface area contributed by atoms with Crippen molar-refractivity contribution in [2.45, 2.75) is 33.8 Å². The monoisotopic (exact) mass is 333 g/mol. The van der Waals surface area contributed by atoms with Gasteiger partial charge in [-0.1, -0.05) is 0 Å². The molecule has 0 radical (unpaired) electrons. The Morgan fingerprint density at radius 1 is 1.39 bits per heavy atom. The first-order chi connectivity index (χ1) is 11.0. The van der Waals surface area contributed by atoms with Crippen LogP contribution in [0, 0.1) is 6.92 Å². The van der Waals surface area contributed by atoms with Crippen LogP contribution < -0.4 is 4.74 Å². The Bertz CT molecular complexity index is 721. The van der Waals surface area contributed by atoms with Gasteiger partial charge in [-0.05, 0) is 45.9 Å². The standard InChI is InChI=1S/C17H19NO4S/c1-5-21-17(20)15-11(4)18-16(23-15)12-6-7-14(22-10(2)3)13(8-12)9-19/h6-10H,5H2,1-4H3. The summed E-state index contributed by atoms with van der Waals surface area (Å²) < 4.78 is 10.6. The fraction of sp³-hybridized carbons (Fsp3) is 0.353. The molecule has 0 saturated carbocycles. The predicted molar refractivity (Wildman–Crippen MR) is 89.4 cm³/mol. The molecule has 0 atom stereocenters. The highest BCUT2D eigenvalue weighted by Crippen LogP contribution is 2.31. The van der Waals surface area contributed by atoms with E-state index < -0.39 is 0 Å². The van der Waals surface area contributed by atoms with E-state index in [1.54, 1.807) is 26.0 Å². The number of thiazole rings is 1. The number of nitrogens with zero attached hydrogens (tertiary/aromatic N) is 1. The third-order valence-electron chi connectivity index (χ3n) is 3.00. The summed E-state index contributed by atoms with van der Waals surface area (Å²) >= 11 is 1.26. The van der Waals surface area contributed by atoms with Gasteiger partial charge in [-0.25, -0.2) is 9.78 Å². The zero-order valence-electron chi connectivity index (χ0n) is 13.6. The van der Waals surface area contributed by atoms with Gasteiger partial charge in [0.2, 0.25) is 0 Å². The second kappa shape index (κ2) is 7.37. The van der Waals surface area contributed by atoms with Crippen LogP contribution in [0.3, 0.4) is 0 Å². The van der Waals surface area contributed by atoms with E-state index in [2.05, 4.69) is 4.98 Å². The van der Waals surface area contributed by atoms with Gasteiger partial charge >= 0.3 is 5.97 Å². The molecule has 0 aliphatic rings. The molecule has 122 valence electrons. The average Bonchev–Trinajstić information content (AvgIpc) is 2.89. The predicted octanol–water partition coefficient (Wildman–Crippen LogP) is 3.89. The number of rotatable bonds is 6. The van der Waals surface area contributed by atoms with Crippen molar-refractivity contribution in [3.8, 4) is 16.3 Å². The zero-order chi connectivity index (χ0) is 17.0. The van der Waals surface area contributed by atoms with Crippen LogP contribution in [0.4, 0.5) is 0 Å². The van der Waals surface area contributed by atoms with Crippen molar-refractivity contribution in [1.82, 2.24) is 4.98 Å². The van der Waals surface area contributed by atoms with Crippen molar-refractivity contribution in [3.05, 3.63) is 34.3 Å². The minimum atomic E-state index is -0.371. The number of aldehydes is 1. The SMILES string of the molecule is CCOC(=O)c1sc(-c2ccc(OC(C)C)c(C=O)c2)nc1C. The lowest BCUT2D eigenvalue weighted by Crippen LogP contribution is -2.07. The largest absolute Gasteiger partial charge is 0.490 e. The van der Waals surface area contributed by atoms with E-state index in [0.29, 0.717) is 33.5 Å². The van der Waals surface area contributed by atoms with Crippen molar-refractivity contribution < 1.29 is 19.1 Å². The van der Waals surface area contributed by atoms with Crippen molar-refractivity contribution in [1.29, 1.82) is 0 Å². The molecule has 0 spiro atoms. The molecule has 0 unspecified atom stereocenters. The highest BCUT2D eigenvalue weighted by Gasteiger charge is 2.18. The Hall–Kier alpha value is -2.21. The molecule has 6 heteroatoms. The van der Waals surface area contributed by atoms with Gasteiger partial charge in [0.1, 0.15) is 15.6 Å². The second-order valence-corrected chi connectivity index (χ2v) is 6.19. The zero-order valence-corrected chi connectivity index (χ0v) is 14.4. The van der Waals surface area contributed by atoms with Gasteiger partial charge in [-0.2, -0.15) is 0 Å². The summed E-state index contributed by atoms with van der Waals surface area (Å²) in [6, 6.07) is 5.30. The Labute approximate surface area is 139 Å². The second-order valence-electron chi connectivity index (χ2n) is 5.19. The Morgan fingerprint density at radius 2 is 2.13 bits per heavy atom. The third-order valence-corrected chi connectivity index (χ3v) is 4.19. The highest BCUT2D eigenvalue weighted by molar-refractivity contribution is 7.17. The van der Waals surface area contributed by atoms with Crippen LogP contribution >= 0.6 is 11.3 Å². The van der Waals surface area contributed by atoms with E-state index in [9.17, 15) is 9.59 Å². The summed E-state index contributed by atoms with van der Waals surface area (Å²) in [5.74, 6) is 0.168. The molecular formula is C17H19NO4S. The Kier molecular flexibility index (Phi) is 5.50. The highest BCUT2D eigenvalue weighted by atomic mass is 32.1. The van der Waals surface area contributed by atoms with Crippen molar-refractivity contribution in [3.63, 3.8) is 0 Å². The number of ether oxygens (including phenoxy) is 2. The first-order valence-electron chi connectivity index (χ1n) is 7.37. The van der Waals surface area contributed by atoms with E-state index in [-0.39, 0.29) is 12.1 Å². The minimum Gasteiger partial charge on any atom is -0.490 e. The van der Waals surface area contributed by atoms with Crippen molar-refractivity contribution >= 4 is 23.6 Å². The molecule has 23 heavy (non-hydrogen) atoms. The number of carbonyl (C=O) groups excluding carboxylic acids is 2. The number of hydrogen-bond donors (Lipinski definition) is 0. The summed E-state index contributed by atoms with van der Waals surface area (Å²) in [6.07, 6.45) is 0.741. The van der Waals surface area contributed by atoms with Gasteiger partial charge in [0.25, 0.3) is 0 Å². The molecule has 1 aromatic heterocycles. The summed E-state index contributed by atoms with van der Waals surface area (Å²) in [5.41, 5.74) is 1.85. The van der Waals surface area contributed by atoms with Crippen LogP contribution in [0.2, 0.25) is 0 Å². The smallest absolute Gasteiger partial charge is 0.350 e. The van der Waals surface area contributed by atoms with E-state index >= 15 is 0 Å².